The van der Waals surface area contributed by atoms with Crippen LogP contribution in [0.5, 0.6) is 0 Å². The van der Waals surface area contributed by atoms with Crippen molar-refractivity contribution in [3.63, 3.8) is 0 Å². The van der Waals surface area contributed by atoms with Crippen molar-refractivity contribution in [1.82, 2.24) is 10.6 Å². The van der Waals surface area contributed by atoms with E-state index in [1.54, 1.807) is 0 Å². The number of aryl methyl sites for hydroxylation is 1. The Hall–Kier alpha value is -1.35. The number of carbonyl (C=O) groups is 1. The maximum atomic E-state index is 12.2. The lowest BCUT2D eigenvalue weighted by Crippen LogP contribution is -2.37. The van der Waals surface area contributed by atoms with Gasteiger partial charge in [0.05, 0.1) is 0 Å². The van der Waals surface area contributed by atoms with Gasteiger partial charge in [0.1, 0.15) is 0 Å². The molecule has 1 aliphatic rings. The minimum absolute atomic E-state index is 0.207. The number of rotatable bonds is 7. The van der Waals surface area contributed by atoms with Gasteiger partial charge in [0.25, 0.3) is 0 Å². The molecule has 0 radical (unpaired) electrons. The zero-order valence-corrected chi connectivity index (χ0v) is 14.0. The summed E-state index contributed by atoms with van der Waals surface area (Å²) in [5.74, 6) is 1.33. The molecule has 0 spiro atoms. The lowest BCUT2D eigenvalue weighted by Gasteiger charge is -2.28. The van der Waals surface area contributed by atoms with Crippen LogP contribution < -0.4 is 10.6 Å². The fraction of sp³-hybridized carbons (Fsp3) is 0.632. The summed E-state index contributed by atoms with van der Waals surface area (Å²) in [7, 11) is 0. The lowest BCUT2D eigenvalue weighted by atomic mass is 9.85. The Kier molecular flexibility index (Phi) is 6.91. The second-order valence-electron chi connectivity index (χ2n) is 6.78. The van der Waals surface area contributed by atoms with Crippen LogP contribution >= 0.6 is 0 Å². The van der Waals surface area contributed by atoms with Gasteiger partial charge in [-0.15, -0.1) is 0 Å². The maximum absolute atomic E-state index is 12.2. The van der Waals surface area contributed by atoms with Crippen molar-refractivity contribution in [2.45, 2.75) is 52.0 Å². The molecule has 1 saturated heterocycles. The van der Waals surface area contributed by atoms with E-state index in [4.69, 9.17) is 0 Å². The Labute approximate surface area is 134 Å². The largest absolute Gasteiger partial charge is 0.354 e. The zero-order valence-electron chi connectivity index (χ0n) is 14.0. The molecule has 3 nitrogen and oxygen atoms in total. The van der Waals surface area contributed by atoms with E-state index in [9.17, 15) is 4.79 Å². The summed E-state index contributed by atoms with van der Waals surface area (Å²) < 4.78 is 0. The molecule has 0 aliphatic carbocycles. The van der Waals surface area contributed by atoms with E-state index >= 15 is 0 Å². The number of hydrogen-bond donors (Lipinski definition) is 2. The van der Waals surface area contributed by atoms with Crippen molar-refractivity contribution in [3.05, 3.63) is 35.9 Å². The van der Waals surface area contributed by atoms with Gasteiger partial charge < -0.3 is 10.6 Å². The van der Waals surface area contributed by atoms with Crippen molar-refractivity contribution in [2.24, 2.45) is 11.8 Å². The Morgan fingerprint density at radius 2 is 2.09 bits per heavy atom. The molecule has 122 valence electrons. The predicted molar refractivity (Wildman–Crippen MR) is 91.7 cm³/mol. The minimum atomic E-state index is 0.207. The molecule has 3 atom stereocenters. The third-order valence-corrected chi connectivity index (χ3v) is 4.76. The Morgan fingerprint density at radius 3 is 2.77 bits per heavy atom. The fourth-order valence-electron chi connectivity index (χ4n) is 3.26. The van der Waals surface area contributed by atoms with Gasteiger partial charge in [-0.3, -0.25) is 4.79 Å². The van der Waals surface area contributed by atoms with Crippen LogP contribution in [0.3, 0.4) is 0 Å². The average molecular weight is 302 g/mol. The van der Waals surface area contributed by atoms with Crippen LogP contribution in [0, 0.1) is 11.8 Å². The van der Waals surface area contributed by atoms with Crippen LogP contribution in [0.1, 0.15) is 45.1 Å². The molecule has 22 heavy (non-hydrogen) atoms. The van der Waals surface area contributed by atoms with Gasteiger partial charge in [-0.2, -0.15) is 0 Å². The smallest absolute Gasteiger partial charge is 0.220 e. The first kappa shape index (κ1) is 17.0. The first-order valence-corrected chi connectivity index (χ1v) is 8.69. The molecule has 0 aromatic heterocycles. The molecule has 1 heterocycles. The summed E-state index contributed by atoms with van der Waals surface area (Å²) >= 11 is 0. The van der Waals surface area contributed by atoms with E-state index in [2.05, 4.69) is 48.7 Å². The third-order valence-electron chi connectivity index (χ3n) is 4.76. The first-order valence-electron chi connectivity index (χ1n) is 8.69. The molecule has 2 N–H and O–H groups in total. The van der Waals surface area contributed by atoms with Gasteiger partial charge in [-0.1, -0.05) is 37.3 Å². The van der Waals surface area contributed by atoms with Crippen LogP contribution in [0.25, 0.3) is 0 Å². The normalized spacial score (nSPS) is 21.1. The van der Waals surface area contributed by atoms with Crippen LogP contribution in [0.4, 0.5) is 0 Å². The quantitative estimate of drug-likeness (QED) is 0.812. The maximum Gasteiger partial charge on any atom is 0.220 e. The SMILES string of the molecule is CC(CCc1ccccc1)NC(=O)CC(C)C1CCCNC1. The molecule has 1 amide bonds. The van der Waals surface area contributed by atoms with E-state index in [0.717, 1.165) is 25.9 Å². The van der Waals surface area contributed by atoms with Gasteiger partial charge in [-0.25, -0.2) is 0 Å². The molecule has 1 fully saturated rings. The minimum Gasteiger partial charge on any atom is -0.354 e. The summed E-state index contributed by atoms with van der Waals surface area (Å²) in [5, 5.41) is 6.60. The number of carbonyl (C=O) groups excluding carboxylic acids is 1. The topological polar surface area (TPSA) is 41.1 Å². The van der Waals surface area contributed by atoms with Crippen molar-refractivity contribution in [1.29, 1.82) is 0 Å². The average Bonchev–Trinajstić information content (AvgIpc) is 2.54. The molecule has 3 unspecified atom stereocenters. The fourth-order valence-corrected chi connectivity index (χ4v) is 3.26. The highest BCUT2D eigenvalue weighted by Crippen LogP contribution is 2.22. The summed E-state index contributed by atoms with van der Waals surface area (Å²) in [6.07, 6.45) is 5.16. The van der Waals surface area contributed by atoms with Gasteiger partial charge in [0.15, 0.2) is 0 Å². The number of piperidine rings is 1. The van der Waals surface area contributed by atoms with E-state index < -0.39 is 0 Å². The van der Waals surface area contributed by atoms with Gasteiger partial charge in [-0.05, 0) is 63.1 Å². The summed E-state index contributed by atoms with van der Waals surface area (Å²) in [6.45, 7) is 6.52. The second-order valence-corrected chi connectivity index (χ2v) is 6.78. The van der Waals surface area contributed by atoms with Gasteiger partial charge in [0.2, 0.25) is 5.91 Å². The van der Waals surface area contributed by atoms with Crippen LogP contribution in [-0.4, -0.2) is 25.0 Å². The molecule has 1 aromatic carbocycles. The number of nitrogens with one attached hydrogen (secondary N) is 2. The molecular formula is C19H30N2O. The van der Waals surface area contributed by atoms with E-state index in [1.165, 1.54) is 18.4 Å². The van der Waals surface area contributed by atoms with Crippen LogP contribution in [0.15, 0.2) is 30.3 Å². The van der Waals surface area contributed by atoms with Crippen molar-refractivity contribution < 1.29 is 4.79 Å². The van der Waals surface area contributed by atoms with Crippen molar-refractivity contribution in [3.8, 4) is 0 Å². The van der Waals surface area contributed by atoms with Gasteiger partial charge in [0, 0.05) is 12.5 Å². The standard InChI is InChI=1S/C19H30N2O/c1-15(18-9-6-12-20-14-18)13-19(22)21-16(2)10-11-17-7-4-3-5-8-17/h3-5,7-8,15-16,18,20H,6,9-14H2,1-2H3,(H,21,22). The summed E-state index contributed by atoms with van der Waals surface area (Å²) in [6, 6.07) is 10.7. The van der Waals surface area contributed by atoms with Gasteiger partial charge >= 0.3 is 0 Å². The highest BCUT2D eigenvalue weighted by Gasteiger charge is 2.22. The Balaban J connectivity index is 1.67. The second kappa shape index (κ2) is 8.94. The molecule has 1 aliphatic heterocycles. The first-order chi connectivity index (χ1) is 10.6. The highest BCUT2D eigenvalue weighted by molar-refractivity contribution is 5.76. The molecule has 0 saturated carbocycles. The molecular weight excluding hydrogens is 272 g/mol. The zero-order chi connectivity index (χ0) is 15.8. The third kappa shape index (κ3) is 5.80. The van der Waals surface area contributed by atoms with Crippen LogP contribution in [-0.2, 0) is 11.2 Å². The number of benzene rings is 1. The molecule has 3 heteroatoms. The highest BCUT2D eigenvalue weighted by atomic mass is 16.1. The molecule has 0 bridgehead atoms. The monoisotopic (exact) mass is 302 g/mol. The van der Waals surface area contributed by atoms with E-state index in [0.29, 0.717) is 18.3 Å². The Bertz CT molecular complexity index is 440. The summed E-state index contributed by atoms with van der Waals surface area (Å²) in [4.78, 5) is 12.2. The number of hydrogen-bond acceptors (Lipinski definition) is 2. The lowest BCUT2D eigenvalue weighted by molar-refractivity contribution is -0.123. The molecule has 2 rings (SSSR count). The Morgan fingerprint density at radius 1 is 1.32 bits per heavy atom. The van der Waals surface area contributed by atoms with Crippen LogP contribution in [0.2, 0.25) is 0 Å². The van der Waals surface area contributed by atoms with Crippen molar-refractivity contribution >= 4 is 5.91 Å². The molecule has 1 aromatic rings. The van der Waals surface area contributed by atoms with Crippen molar-refractivity contribution in [2.75, 3.05) is 13.1 Å². The predicted octanol–water partition coefficient (Wildman–Crippen LogP) is 3.15. The van der Waals surface area contributed by atoms with E-state index in [1.807, 2.05) is 6.07 Å². The van der Waals surface area contributed by atoms with E-state index in [-0.39, 0.29) is 11.9 Å². The summed E-state index contributed by atoms with van der Waals surface area (Å²) in [5.41, 5.74) is 1.34. The number of amides is 1.